The van der Waals surface area contributed by atoms with Gasteiger partial charge in [-0.15, -0.1) is 11.3 Å². The molecule has 3 aromatic rings. The van der Waals surface area contributed by atoms with E-state index in [1.165, 1.54) is 16.2 Å². The topological polar surface area (TPSA) is 66.8 Å². The molecule has 2 heterocycles. The van der Waals surface area contributed by atoms with Crippen molar-refractivity contribution in [3.8, 4) is 5.75 Å². The first-order valence-electron chi connectivity index (χ1n) is 9.10. The van der Waals surface area contributed by atoms with Gasteiger partial charge in [-0.1, -0.05) is 36.4 Å². The van der Waals surface area contributed by atoms with E-state index in [-0.39, 0.29) is 11.3 Å². The number of carbonyl (C=O) groups is 2. The number of aliphatic hydroxyl groups is 1. The van der Waals surface area contributed by atoms with Crippen molar-refractivity contribution in [3.63, 3.8) is 0 Å². The number of benzene rings is 2. The maximum Gasteiger partial charge on any atom is 0.295 e. The molecule has 29 heavy (non-hydrogen) atoms. The van der Waals surface area contributed by atoms with Crippen LogP contribution in [0.25, 0.3) is 5.76 Å². The molecule has 0 saturated carbocycles. The second-order valence-corrected chi connectivity index (χ2v) is 7.68. The molecule has 6 heteroatoms. The van der Waals surface area contributed by atoms with Gasteiger partial charge < -0.3 is 14.7 Å². The maximum atomic E-state index is 12.9. The molecule has 4 rings (SSSR count). The Balaban J connectivity index is 1.83. The van der Waals surface area contributed by atoms with E-state index in [4.69, 9.17) is 4.74 Å². The summed E-state index contributed by atoms with van der Waals surface area (Å²) < 4.78 is 5.15. The minimum atomic E-state index is -0.677. The third-order valence-electron chi connectivity index (χ3n) is 4.93. The van der Waals surface area contributed by atoms with E-state index in [0.29, 0.717) is 17.9 Å². The molecule has 1 N–H and O–H groups in total. The Morgan fingerprint density at radius 1 is 1.03 bits per heavy atom. The number of nitrogens with zero attached hydrogens (tertiary/aromatic N) is 1. The number of aliphatic hydroxyl groups excluding tert-OH is 1. The maximum absolute atomic E-state index is 12.9. The van der Waals surface area contributed by atoms with Gasteiger partial charge in [-0.2, -0.15) is 0 Å². The van der Waals surface area contributed by atoms with Crippen molar-refractivity contribution in [1.29, 1.82) is 0 Å². The highest BCUT2D eigenvalue weighted by Gasteiger charge is 2.46. The number of methoxy groups -OCH3 is 1. The fourth-order valence-corrected chi connectivity index (χ4v) is 4.20. The van der Waals surface area contributed by atoms with Gasteiger partial charge in [0.1, 0.15) is 11.5 Å². The summed E-state index contributed by atoms with van der Waals surface area (Å²) in [5.74, 6) is -0.834. The van der Waals surface area contributed by atoms with Gasteiger partial charge in [0, 0.05) is 10.4 Å². The van der Waals surface area contributed by atoms with Gasteiger partial charge in [-0.25, -0.2) is 0 Å². The first-order chi connectivity index (χ1) is 14.1. The summed E-state index contributed by atoms with van der Waals surface area (Å²) in [4.78, 5) is 28.3. The summed E-state index contributed by atoms with van der Waals surface area (Å²) >= 11 is 1.52. The lowest BCUT2D eigenvalue weighted by molar-refractivity contribution is -0.140. The molecule has 1 amide bonds. The molecule has 146 valence electrons. The SMILES string of the molecule is COc1ccc(/C(O)=C2\C(=O)C(=O)N(Cc3cccs3)C2c2ccccc2)cc1. The molecule has 0 radical (unpaired) electrons. The fraction of sp³-hybridized carbons (Fsp3) is 0.130. The fourth-order valence-electron chi connectivity index (χ4n) is 3.50. The lowest BCUT2D eigenvalue weighted by Crippen LogP contribution is -2.28. The molecule has 2 aromatic carbocycles. The van der Waals surface area contributed by atoms with Crippen molar-refractivity contribution in [3.05, 3.63) is 93.7 Å². The predicted molar refractivity (Wildman–Crippen MR) is 112 cm³/mol. The van der Waals surface area contributed by atoms with Crippen LogP contribution in [0.2, 0.25) is 0 Å². The highest BCUT2D eigenvalue weighted by atomic mass is 32.1. The summed E-state index contributed by atoms with van der Waals surface area (Å²) in [5, 5.41) is 12.9. The normalized spacial score (nSPS) is 18.2. The Labute approximate surface area is 172 Å². The minimum Gasteiger partial charge on any atom is -0.507 e. The van der Waals surface area contributed by atoms with Crippen LogP contribution in [-0.4, -0.2) is 28.8 Å². The molecule has 1 aromatic heterocycles. The zero-order valence-electron chi connectivity index (χ0n) is 15.7. The number of ether oxygens (including phenoxy) is 1. The van der Waals surface area contributed by atoms with Crippen molar-refractivity contribution in [2.45, 2.75) is 12.6 Å². The molecule has 1 saturated heterocycles. The summed E-state index contributed by atoms with van der Waals surface area (Å²) in [6.07, 6.45) is 0. The molecule has 1 fully saturated rings. The van der Waals surface area contributed by atoms with Crippen LogP contribution < -0.4 is 4.74 Å². The average Bonchev–Trinajstić information content (AvgIpc) is 3.36. The smallest absolute Gasteiger partial charge is 0.295 e. The highest BCUT2D eigenvalue weighted by molar-refractivity contribution is 7.09. The van der Waals surface area contributed by atoms with Gasteiger partial charge in [0.15, 0.2) is 0 Å². The van der Waals surface area contributed by atoms with Crippen LogP contribution in [0.15, 0.2) is 77.7 Å². The van der Waals surface area contributed by atoms with Crippen LogP contribution in [0, 0.1) is 0 Å². The number of amides is 1. The van der Waals surface area contributed by atoms with E-state index in [9.17, 15) is 14.7 Å². The monoisotopic (exact) mass is 405 g/mol. The van der Waals surface area contributed by atoms with E-state index in [1.807, 2.05) is 47.8 Å². The molecule has 1 aliphatic heterocycles. The molecule has 0 spiro atoms. The van der Waals surface area contributed by atoms with Gasteiger partial charge in [0.2, 0.25) is 0 Å². The third-order valence-corrected chi connectivity index (χ3v) is 5.79. The lowest BCUT2D eigenvalue weighted by atomic mass is 9.95. The number of hydrogen-bond acceptors (Lipinski definition) is 5. The van der Waals surface area contributed by atoms with Crippen molar-refractivity contribution in [2.24, 2.45) is 0 Å². The molecule has 0 bridgehead atoms. The molecule has 1 atom stereocenters. The summed E-state index contributed by atoms with van der Waals surface area (Å²) in [7, 11) is 1.56. The van der Waals surface area contributed by atoms with Gasteiger partial charge in [0.25, 0.3) is 11.7 Å². The van der Waals surface area contributed by atoms with Crippen molar-refractivity contribution in [1.82, 2.24) is 4.90 Å². The van der Waals surface area contributed by atoms with E-state index in [2.05, 4.69) is 0 Å². The number of rotatable bonds is 5. The molecule has 5 nitrogen and oxygen atoms in total. The van der Waals surface area contributed by atoms with Crippen LogP contribution in [-0.2, 0) is 16.1 Å². The van der Waals surface area contributed by atoms with Crippen LogP contribution >= 0.6 is 11.3 Å². The van der Waals surface area contributed by atoms with E-state index >= 15 is 0 Å². The standard InChI is InChI=1S/C23H19NO4S/c1-28-17-11-9-16(10-12-17)21(25)19-20(15-6-3-2-4-7-15)24(23(27)22(19)26)14-18-8-5-13-29-18/h2-13,20,25H,14H2,1H3/b21-19+. The molecular formula is C23H19NO4S. The predicted octanol–water partition coefficient (Wildman–Crippen LogP) is 4.38. The van der Waals surface area contributed by atoms with Gasteiger partial charge >= 0.3 is 0 Å². The van der Waals surface area contributed by atoms with Crippen molar-refractivity contribution in [2.75, 3.05) is 7.11 Å². The zero-order valence-corrected chi connectivity index (χ0v) is 16.6. The third kappa shape index (κ3) is 3.54. The minimum absolute atomic E-state index is 0.0999. The first kappa shape index (κ1) is 19.0. The van der Waals surface area contributed by atoms with Crippen molar-refractivity contribution >= 4 is 28.8 Å². The van der Waals surface area contributed by atoms with E-state index in [1.54, 1.807) is 31.4 Å². The Hall–Kier alpha value is -3.38. The Bertz CT molecular complexity index is 1060. The van der Waals surface area contributed by atoms with Crippen LogP contribution in [0.4, 0.5) is 0 Å². The highest BCUT2D eigenvalue weighted by Crippen LogP contribution is 2.40. The molecule has 1 unspecified atom stereocenters. The largest absolute Gasteiger partial charge is 0.507 e. The van der Waals surface area contributed by atoms with Crippen LogP contribution in [0.3, 0.4) is 0 Å². The van der Waals surface area contributed by atoms with E-state index < -0.39 is 17.7 Å². The molecule has 1 aliphatic rings. The Morgan fingerprint density at radius 2 is 1.76 bits per heavy atom. The van der Waals surface area contributed by atoms with Crippen molar-refractivity contribution < 1.29 is 19.4 Å². The molecular weight excluding hydrogens is 386 g/mol. The second kappa shape index (κ2) is 7.93. The summed E-state index contributed by atoms with van der Waals surface area (Å²) in [6.45, 7) is 0.307. The van der Waals surface area contributed by atoms with Gasteiger partial charge in [-0.3, -0.25) is 9.59 Å². The Morgan fingerprint density at radius 3 is 2.38 bits per heavy atom. The Kier molecular flexibility index (Phi) is 5.18. The van der Waals surface area contributed by atoms with Crippen LogP contribution in [0.5, 0.6) is 5.75 Å². The average molecular weight is 405 g/mol. The quantitative estimate of drug-likeness (QED) is 0.389. The number of thiophene rings is 1. The van der Waals surface area contributed by atoms with Crippen LogP contribution in [0.1, 0.15) is 22.0 Å². The number of Topliss-reactive ketones (excluding diaryl/α,β-unsaturated/α-hetero) is 1. The number of carbonyl (C=O) groups excluding carboxylic acids is 2. The van der Waals surface area contributed by atoms with Gasteiger partial charge in [-0.05, 0) is 41.3 Å². The number of likely N-dealkylation sites (tertiary alicyclic amines) is 1. The molecule has 0 aliphatic carbocycles. The van der Waals surface area contributed by atoms with Gasteiger partial charge in [0.05, 0.1) is 25.3 Å². The first-order valence-corrected chi connectivity index (χ1v) is 9.98. The second-order valence-electron chi connectivity index (χ2n) is 6.65. The number of ketones is 1. The lowest BCUT2D eigenvalue weighted by Gasteiger charge is -2.24. The number of hydrogen-bond donors (Lipinski definition) is 1. The summed E-state index contributed by atoms with van der Waals surface area (Å²) in [6, 6.07) is 19.2. The summed E-state index contributed by atoms with van der Waals surface area (Å²) in [5.41, 5.74) is 1.34. The van der Waals surface area contributed by atoms with E-state index in [0.717, 1.165) is 10.4 Å². The zero-order chi connectivity index (χ0) is 20.4.